The van der Waals surface area contributed by atoms with E-state index in [0.717, 1.165) is 29.9 Å². The lowest BCUT2D eigenvalue weighted by Gasteiger charge is -2.14. The third-order valence-corrected chi connectivity index (χ3v) is 3.41. The Kier molecular flexibility index (Phi) is 4.55. The molecule has 3 nitrogen and oxygen atoms in total. The van der Waals surface area contributed by atoms with E-state index in [1.54, 1.807) is 6.07 Å². The monoisotopic (exact) mass is 275 g/mol. The van der Waals surface area contributed by atoms with Gasteiger partial charge in [-0.2, -0.15) is 5.10 Å². The van der Waals surface area contributed by atoms with Crippen molar-refractivity contribution in [1.82, 2.24) is 9.78 Å². The van der Waals surface area contributed by atoms with Crippen LogP contribution in [0.3, 0.4) is 0 Å². The number of hydrogen-bond donors (Lipinski definition) is 1. The maximum Gasteiger partial charge on any atom is 0.128 e. The van der Waals surface area contributed by atoms with Crippen LogP contribution in [-0.4, -0.2) is 15.8 Å². The van der Waals surface area contributed by atoms with Gasteiger partial charge >= 0.3 is 0 Å². The molecule has 2 N–H and O–H groups in total. The highest BCUT2D eigenvalue weighted by Gasteiger charge is 2.15. The zero-order valence-corrected chi connectivity index (χ0v) is 12.4. The quantitative estimate of drug-likeness (QED) is 0.911. The summed E-state index contributed by atoms with van der Waals surface area (Å²) in [5.74, 6) is -0.213. The summed E-state index contributed by atoms with van der Waals surface area (Å²) < 4.78 is 16.0. The molecule has 0 aliphatic heterocycles. The number of benzene rings is 1. The molecule has 0 radical (unpaired) electrons. The van der Waals surface area contributed by atoms with E-state index in [9.17, 15) is 4.39 Å². The van der Waals surface area contributed by atoms with Crippen LogP contribution in [0.15, 0.2) is 24.3 Å². The fourth-order valence-corrected chi connectivity index (χ4v) is 2.38. The van der Waals surface area contributed by atoms with E-state index in [4.69, 9.17) is 5.73 Å². The molecule has 0 bridgehead atoms. The number of rotatable bonds is 5. The summed E-state index contributed by atoms with van der Waals surface area (Å²) in [4.78, 5) is 0. The topological polar surface area (TPSA) is 43.8 Å². The van der Waals surface area contributed by atoms with Crippen LogP contribution in [0, 0.1) is 5.82 Å². The van der Waals surface area contributed by atoms with Gasteiger partial charge in [-0.15, -0.1) is 0 Å². The lowest BCUT2D eigenvalue weighted by Crippen LogP contribution is -2.20. The summed E-state index contributed by atoms with van der Waals surface area (Å²) in [6.45, 7) is 6.04. The molecule has 0 aliphatic rings. The zero-order valence-electron chi connectivity index (χ0n) is 12.4. The molecule has 0 saturated carbocycles. The van der Waals surface area contributed by atoms with Crippen LogP contribution in [0.25, 0.3) is 5.69 Å². The number of halogens is 1. The molecule has 2 aromatic rings. The van der Waals surface area contributed by atoms with Gasteiger partial charge in [0.25, 0.3) is 0 Å². The number of nitrogens with zero attached hydrogens (tertiary/aromatic N) is 2. The minimum absolute atomic E-state index is 0.0862. The van der Waals surface area contributed by atoms with Gasteiger partial charge < -0.3 is 5.73 Å². The average Bonchev–Trinajstić information content (AvgIpc) is 2.84. The van der Waals surface area contributed by atoms with Crippen LogP contribution in [-0.2, 0) is 19.3 Å². The van der Waals surface area contributed by atoms with E-state index in [-0.39, 0.29) is 11.9 Å². The highest BCUT2D eigenvalue weighted by atomic mass is 19.1. The molecule has 1 aromatic heterocycles. The van der Waals surface area contributed by atoms with E-state index < -0.39 is 0 Å². The average molecular weight is 275 g/mol. The Morgan fingerprint density at radius 3 is 2.65 bits per heavy atom. The van der Waals surface area contributed by atoms with Crippen LogP contribution in [0.5, 0.6) is 0 Å². The third kappa shape index (κ3) is 2.90. The molecule has 108 valence electrons. The molecule has 0 saturated heterocycles. The molecule has 0 fully saturated rings. The molecule has 0 amide bonds. The molecule has 1 atom stereocenters. The first-order chi connectivity index (χ1) is 9.56. The molecular weight excluding hydrogens is 253 g/mol. The number of aryl methyl sites for hydroxylation is 2. The highest BCUT2D eigenvalue weighted by molar-refractivity contribution is 5.43. The molecule has 20 heavy (non-hydrogen) atoms. The van der Waals surface area contributed by atoms with Crippen molar-refractivity contribution in [2.45, 2.75) is 46.1 Å². The van der Waals surface area contributed by atoms with Crippen molar-refractivity contribution in [3.8, 4) is 5.69 Å². The maximum atomic E-state index is 14.1. The van der Waals surface area contributed by atoms with Crippen LogP contribution in [0.2, 0.25) is 0 Å². The van der Waals surface area contributed by atoms with Crippen LogP contribution in [0.1, 0.15) is 37.7 Å². The molecule has 0 spiro atoms. The Morgan fingerprint density at radius 2 is 2.05 bits per heavy atom. The van der Waals surface area contributed by atoms with E-state index >= 15 is 0 Å². The second-order valence-corrected chi connectivity index (χ2v) is 5.16. The van der Waals surface area contributed by atoms with Gasteiger partial charge in [-0.1, -0.05) is 19.9 Å². The van der Waals surface area contributed by atoms with Crippen molar-refractivity contribution in [1.29, 1.82) is 0 Å². The molecule has 1 unspecified atom stereocenters. The summed E-state index contributed by atoms with van der Waals surface area (Å²) >= 11 is 0. The summed E-state index contributed by atoms with van der Waals surface area (Å²) in [5, 5.41) is 4.59. The highest BCUT2D eigenvalue weighted by Crippen LogP contribution is 2.22. The van der Waals surface area contributed by atoms with Crippen molar-refractivity contribution >= 4 is 0 Å². The van der Waals surface area contributed by atoms with Gasteiger partial charge in [0.2, 0.25) is 0 Å². The first-order valence-corrected chi connectivity index (χ1v) is 7.17. The second kappa shape index (κ2) is 6.18. The summed E-state index contributed by atoms with van der Waals surface area (Å²) in [7, 11) is 0. The summed E-state index contributed by atoms with van der Waals surface area (Å²) in [6.07, 6.45) is 2.24. The van der Waals surface area contributed by atoms with E-state index in [2.05, 4.69) is 25.0 Å². The largest absolute Gasteiger partial charge is 0.328 e. The predicted octanol–water partition coefficient (Wildman–Crippen LogP) is 3.03. The summed E-state index contributed by atoms with van der Waals surface area (Å²) in [6, 6.07) is 7.11. The molecular formula is C16H22FN3. The Bertz CT molecular complexity index is 587. The lowest BCUT2D eigenvalue weighted by molar-refractivity contribution is 0.590. The van der Waals surface area contributed by atoms with E-state index in [1.807, 2.05) is 17.7 Å². The van der Waals surface area contributed by atoms with Crippen molar-refractivity contribution < 1.29 is 4.39 Å². The van der Waals surface area contributed by atoms with E-state index in [0.29, 0.717) is 12.0 Å². The van der Waals surface area contributed by atoms with Crippen molar-refractivity contribution in [3.05, 3.63) is 47.0 Å². The van der Waals surface area contributed by atoms with Gasteiger partial charge in [-0.25, -0.2) is 9.07 Å². The number of aromatic nitrogens is 2. The van der Waals surface area contributed by atoms with Gasteiger partial charge in [0.05, 0.1) is 11.4 Å². The normalized spacial score (nSPS) is 12.7. The maximum absolute atomic E-state index is 14.1. The minimum atomic E-state index is -0.213. The van der Waals surface area contributed by atoms with Gasteiger partial charge in [0.15, 0.2) is 0 Å². The number of nitrogens with two attached hydrogens (primary N) is 1. The Morgan fingerprint density at radius 1 is 1.30 bits per heavy atom. The first kappa shape index (κ1) is 14.7. The number of hydrogen-bond acceptors (Lipinski definition) is 2. The van der Waals surface area contributed by atoms with Crippen molar-refractivity contribution in [3.63, 3.8) is 0 Å². The zero-order chi connectivity index (χ0) is 14.7. The van der Waals surface area contributed by atoms with Gasteiger partial charge in [-0.05, 0) is 44.4 Å². The lowest BCUT2D eigenvalue weighted by atomic mass is 10.0. The minimum Gasteiger partial charge on any atom is -0.328 e. The third-order valence-electron chi connectivity index (χ3n) is 3.41. The van der Waals surface area contributed by atoms with Crippen LogP contribution < -0.4 is 5.73 Å². The van der Waals surface area contributed by atoms with Gasteiger partial charge in [0.1, 0.15) is 5.82 Å². The fourth-order valence-electron chi connectivity index (χ4n) is 2.38. The first-order valence-electron chi connectivity index (χ1n) is 7.17. The Hall–Kier alpha value is -1.68. The Labute approximate surface area is 119 Å². The molecule has 0 aliphatic carbocycles. The van der Waals surface area contributed by atoms with Crippen LogP contribution in [0.4, 0.5) is 4.39 Å². The van der Waals surface area contributed by atoms with Gasteiger partial charge in [-0.3, -0.25) is 0 Å². The summed E-state index contributed by atoms with van der Waals surface area (Å²) in [5.41, 5.74) is 9.41. The van der Waals surface area contributed by atoms with Crippen molar-refractivity contribution in [2.75, 3.05) is 0 Å². The SMILES string of the molecule is CCc1cc(CC)n(-c2cccc(F)c2CC(C)N)n1. The standard InChI is InChI=1S/C16H22FN3/c1-4-12-10-13(5-2)20(19-12)16-8-6-7-15(17)14(16)9-11(3)18/h6-8,10-11H,4-5,9,18H2,1-3H3. The fraction of sp³-hybridized carbons (Fsp3) is 0.438. The molecule has 4 heteroatoms. The second-order valence-electron chi connectivity index (χ2n) is 5.16. The molecule has 2 rings (SSSR count). The Balaban J connectivity index is 2.57. The van der Waals surface area contributed by atoms with Crippen LogP contribution >= 0.6 is 0 Å². The smallest absolute Gasteiger partial charge is 0.128 e. The van der Waals surface area contributed by atoms with Crippen molar-refractivity contribution in [2.24, 2.45) is 5.73 Å². The molecule has 1 heterocycles. The van der Waals surface area contributed by atoms with Gasteiger partial charge in [0, 0.05) is 17.3 Å². The molecule has 1 aromatic carbocycles. The van der Waals surface area contributed by atoms with E-state index in [1.165, 1.54) is 6.07 Å². The predicted molar refractivity (Wildman–Crippen MR) is 79.6 cm³/mol.